The smallest absolute Gasteiger partial charge is 0.261 e. The molecular formula is C27H31N3O3. The van der Waals surface area contributed by atoms with Crippen LogP contribution in [0.5, 0.6) is 0 Å². The normalized spacial score (nSPS) is 21.9. The summed E-state index contributed by atoms with van der Waals surface area (Å²) in [4.78, 5) is 44.0. The maximum atomic E-state index is 13.3. The van der Waals surface area contributed by atoms with E-state index in [2.05, 4.69) is 42.0 Å². The van der Waals surface area contributed by atoms with Gasteiger partial charge in [0.2, 0.25) is 5.91 Å². The molecule has 6 nitrogen and oxygen atoms in total. The van der Waals surface area contributed by atoms with Gasteiger partial charge in [0.1, 0.15) is 0 Å². The average molecular weight is 446 g/mol. The van der Waals surface area contributed by atoms with E-state index in [1.807, 2.05) is 0 Å². The van der Waals surface area contributed by atoms with Gasteiger partial charge in [-0.2, -0.15) is 0 Å². The highest BCUT2D eigenvalue weighted by Crippen LogP contribution is 2.45. The molecule has 2 atom stereocenters. The summed E-state index contributed by atoms with van der Waals surface area (Å²) in [5.74, 6) is 0.169. The van der Waals surface area contributed by atoms with Crippen LogP contribution in [0.25, 0.3) is 0 Å². The molecule has 1 fully saturated rings. The Morgan fingerprint density at radius 1 is 1.00 bits per heavy atom. The Morgan fingerprint density at radius 3 is 2.45 bits per heavy atom. The molecule has 2 aromatic rings. The van der Waals surface area contributed by atoms with Crippen molar-refractivity contribution in [2.75, 3.05) is 31.6 Å². The fourth-order valence-electron chi connectivity index (χ4n) is 5.69. The van der Waals surface area contributed by atoms with Gasteiger partial charge < -0.3 is 9.80 Å². The number of carbonyl (C=O) groups excluding carboxylic acids is 3. The van der Waals surface area contributed by atoms with Crippen LogP contribution in [0.15, 0.2) is 42.5 Å². The molecule has 0 spiro atoms. The Morgan fingerprint density at radius 2 is 1.73 bits per heavy atom. The van der Waals surface area contributed by atoms with Crippen LogP contribution >= 0.6 is 0 Å². The largest absolute Gasteiger partial charge is 0.308 e. The zero-order valence-electron chi connectivity index (χ0n) is 19.4. The van der Waals surface area contributed by atoms with Crippen molar-refractivity contribution in [3.63, 3.8) is 0 Å². The molecular weight excluding hydrogens is 414 g/mol. The summed E-state index contributed by atoms with van der Waals surface area (Å²) < 4.78 is 0. The number of likely N-dealkylation sites (N-methyl/N-ethyl adjacent to an activating group) is 1. The average Bonchev–Trinajstić information content (AvgIpc) is 3.25. The number of likely N-dealkylation sites (tertiary alicyclic amines) is 1. The maximum absolute atomic E-state index is 13.3. The molecule has 0 radical (unpaired) electrons. The van der Waals surface area contributed by atoms with E-state index >= 15 is 0 Å². The molecule has 3 heterocycles. The van der Waals surface area contributed by atoms with Crippen LogP contribution in [0, 0.1) is 6.92 Å². The van der Waals surface area contributed by atoms with Crippen molar-refractivity contribution in [3.05, 3.63) is 64.7 Å². The number of amides is 3. The molecule has 5 rings (SSSR count). The highest BCUT2D eigenvalue weighted by atomic mass is 16.2. The number of hydrogen-bond acceptors (Lipinski definition) is 4. The highest BCUT2D eigenvalue weighted by molar-refractivity contribution is 6.21. The van der Waals surface area contributed by atoms with E-state index in [-0.39, 0.29) is 23.8 Å². The van der Waals surface area contributed by atoms with Crippen molar-refractivity contribution < 1.29 is 14.4 Å². The third-order valence-electron chi connectivity index (χ3n) is 7.37. The number of unbranched alkanes of at least 4 members (excludes halogenated alkanes) is 2. The van der Waals surface area contributed by atoms with Crippen LogP contribution < -0.4 is 4.90 Å². The van der Waals surface area contributed by atoms with Gasteiger partial charge in [0.25, 0.3) is 11.8 Å². The third-order valence-corrected chi connectivity index (χ3v) is 7.37. The molecule has 3 amide bonds. The number of hydrogen-bond donors (Lipinski definition) is 0. The Bertz CT molecular complexity index is 1080. The van der Waals surface area contributed by atoms with Crippen LogP contribution in [0.1, 0.15) is 69.9 Å². The minimum atomic E-state index is -0.205. The minimum Gasteiger partial charge on any atom is -0.308 e. The lowest BCUT2D eigenvalue weighted by Gasteiger charge is -2.36. The van der Waals surface area contributed by atoms with Gasteiger partial charge in [-0.05, 0) is 63.5 Å². The summed E-state index contributed by atoms with van der Waals surface area (Å²) in [5, 5.41) is 0. The first-order valence-electron chi connectivity index (χ1n) is 12.0. The van der Waals surface area contributed by atoms with Crippen molar-refractivity contribution in [1.29, 1.82) is 0 Å². The Labute approximate surface area is 195 Å². The first-order valence-corrected chi connectivity index (χ1v) is 12.0. The first kappa shape index (κ1) is 21.8. The van der Waals surface area contributed by atoms with Gasteiger partial charge in [-0.3, -0.25) is 19.3 Å². The number of piperidine rings is 1. The van der Waals surface area contributed by atoms with Crippen molar-refractivity contribution in [3.8, 4) is 0 Å². The van der Waals surface area contributed by atoms with Gasteiger partial charge in [-0.1, -0.05) is 36.2 Å². The van der Waals surface area contributed by atoms with E-state index in [1.165, 1.54) is 16.0 Å². The molecule has 172 valence electrons. The number of fused-ring (bicyclic) bond motifs is 4. The Kier molecular flexibility index (Phi) is 5.79. The number of anilines is 1. The van der Waals surface area contributed by atoms with Crippen LogP contribution in [-0.4, -0.2) is 60.2 Å². The molecule has 3 aliphatic heterocycles. The van der Waals surface area contributed by atoms with Gasteiger partial charge in [0.15, 0.2) is 0 Å². The van der Waals surface area contributed by atoms with E-state index in [1.54, 1.807) is 24.3 Å². The Hall–Kier alpha value is -2.99. The van der Waals surface area contributed by atoms with Crippen molar-refractivity contribution in [2.45, 2.75) is 51.0 Å². The number of aryl methyl sites for hydroxylation is 1. The molecule has 33 heavy (non-hydrogen) atoms. The molecule has 3 aliphatic rings. The van der Waals surface area contributed by atoms with E-state index in [0.717, 1.165) is 38.0 Å². The number of carbonyl (C=O) groups is 3. The third kappa shape index (κ3) is 3.86. The van der Waals surface area contributed by atoms with Crippen LogP contribution in [0.2, 0.25) is 0 Å². The lowest BCUT2D eigenvalue weighted by Crippen LogP contribution is -2.47. The first-order chi connectivity index (χ1) is 16.0. The standard InChI is InChI=1S/C27H31N3O3/c1-18-11-12-23-21(16-18)22-17-28(2)15-13-24(22)30(23)25(31)10-4-3-7-14-29-26(32)19-8-5-6-9-20(19)27(29)33/h5-6,8-9,11-12,16,22,24H,3-4,7,10,13-15,17H2,1-2H3/t22-,24+/m0/s1. The van der Waals surface area contributed by atoms with Gasteiger partial charge in [0, 0.05) is 37.2 Å². The van der Waals surface area contributed by atoms with E-state index in [4.69, 9.17) is 0 Å². The molecule has 0 N–H and O–H groups in total. The summed E-state index contributed by atoms with van der Waals surface area (Å²) in [6.45, 7) is 4.52. The Balaban J connectivity index is 1.17. The maximum Gasteiger partial charge on any atom is 0.261 e. The molecule has 0 bridgehead atoms. The predicted molar refractivity (Wildman–Crippen MR) is 128 cm³/mol. The summed E-state index contributed by atoms with van der Waals surface area (Å²) in [6.07, 6.45) is 3.78. The van der Waals surface area contributed by atoms with Crippen LogP contribution in [0.4, 0.5) is 5.69 Å². The number of rotatable bonds is 6. The zero-order chi connectivity index (χ0) is 23.1. The molecule has 0 aliphatic carbocycles. The SMILES string of the molecule is Cc1ccc2c(c1)[C@@H]1CN(C)CC[C@H]1N2C(=O)CCCCCN1C(=O)c2ccccc2C1=O. The molecule has 0 unspecified atom stereocenters. The highest BCUT2D eigenvalue weighted by Gasteiger charge is 2.43. The number of imide groups is 1. The van der Waals surface area contributed by atoms with Crippen molar-refractivity contribution in [1.82, 2.24) is 9.80 Å². The number of nitrogens with zero attached hydrogens (tertiary/aromatic N) is 3. The van der Waals surface area contributed by atoms with Crippen molar-refractivity contribution in [2.24, 2.45) is 0 Å². The topological polar surface area (TPSA) is 60.9 Å². The summed E-state index contributed by atoms with van der Waals surface area (Å²) >= 11 is 0. The van der Waals surface area contributed by atoms with Crippen molar-refractivity contribution >= 4 is 23.4 Å². The second kappa shape index (κ2) is 8.75. The lowest BCUT2D eigenvalue weighted by atomic mass is 9.89. The van der Waals surface area contributed by atoms with Gasteiger partial charge >= 0.3 is 0 Å². The van der Waals surface area contributed by atoms with Gasteiger partial charge in [-0.15, -0.1) is 0 Å². The fourth-order valence-corrected chi connectivity index (χ4v) is 5.69. The summed E-state index contributed by atoms with van der Waals surface area (Å²) in [6, 6.07) is 13.7. The van der Waals surface area contributed by atoms with Gasteiger partial charge in [-0.25, -0.2) is 0 Å². The van der Waals surface area contributed by atoms with Crippen LogP contribution in [0.3, 0.4) is 0 Å². The second-order valence-electron chi connectivity index (χ2n) is 9.67. The quantitative estimate of drug-likeness (QED) is 0.498. The second-order valence-corrected chi connectivity index (χ2v) is 9.67. The number of benzene rings is 2. The molecule has 6 heteroatoms. The molecule has 0 aromatic heterocycles. The van der Waals surface area contributed by atoms with Crippen LogP contribution in [-0.2, 0) is 4.79 Å². The summed E-state index contributed by atoms with van der Waals surface area (Å²) in [5.41, 5.74) is 4.62. The van der Waals surface area contributed by atoms with Gasteiger partial charge in [0.05, 0.1) is 11.1 Å². The van der Waals surface area contributed by atoms with E-state index in [9.17, 15) is 14.4 Å². The molecule has 0 saturated carbocycles. The molecule has 2 aromatic carbocycles. The summed E-state index contributed by atoms with van der Waals surface area (Å²) in [7, 11) is 2.16. The van der Waals surface area contributed by atoms with E-state index in [0.29, 0.717) is 36.4 Å². The fraction of sp³-hybridized carbons (Fsp3) is 0.444. The predicted octanol–water partition coefficient (Wildman–Crippen LogP) is 3.99. The van der Waals surface area contributed by atoms with E-state index < -0.39 is 0 Å². The molecule has 1 saturated heterocycles. The monoisotopic (exact) mass is 445 g/mol. The minimum absolute atomic E-state index is 0.192. The zero-order valence-corrected chi connectivity index (χ0v) is 19.4. The lowest BCUT2D eigenvalue weighted by molar-refractivity contribution is -0.119.